The van der Waals surface area contributed by atoms with E-state index in [1.54, 1.807) is 0 Å². The fraction of sp³-hybridized carbons (Fsp3) is 0.357. The number of nitrogens with two attached hydrogens (primary N) is 1. The molecule has 1 aromatic carbocycles. The van der Waals surface area contributed by atoms with Crippen molar-refractivity contribution in [2.45, 2.75) is 18.6 Å². The van der Waals surface area contributed by atoms with Gasteiger partial charge in [-0.25, -0.2) is 8.78 Å². The summed E-state index contributed by atoms with van der Waals surface area (Å²) >= 11 is 0. The summed E-state index contributed by atoms with van der Waals surface area (Å²) in [4.78, 5) is 12.4. The number of carbonyl (C=O) groups is 1. The summed E-state index contributed by atoms with van der Waals surface area (Å²) in [6, 6.07) is 2.25. The van der Waals surface area contributed by atoms with Crippen molar-refractivity contribution in [2.24, 2.45) is 5.73 Å². The van der Waals surface area contributed by atoms with Gasteiger partial charge >= 0.3 is 6.18 Å². The Bertz CT molecular complexity index is 618. The summed E-state index contributed by atoms with van der Waals surface area (Å²) in [5.41, 5.74) is 5.45. The molecular weight excluding hydrogens is 343 g/mol. The van der Waals surface area contributed by atoms with E-state index in [1.165, 1.54) is 18.2 Å². The van der Waals surface area contributed by atoms with Crippen molar-refractivity contribution in [2.75, 3.05) is 13.1 Å². The number of nitrogens with zero attached hydrogens (tertiary/aromatic N) is 1. The van der Waals surface area contributed by atoms with Crippen LogP contribution in [0.5, 0.6) is 0 Å². The van der Waals surface area contributed by atoms with E-state index in [9.17, 15) is 26.7 Å². The molecule has 1 atom stereocenters. The molecule has 0 spiro atoms. The third kappa shape index (κ3) is 4.65. The Morgan fingerprint density at radius 2 is 1.91 bits per heavy atom. The van der Waals surface area contributed by atoms with Crippen LogP contribution < -0.4 is 5.73 Å². The van der Waals surface area contributed by atoms with E-state index in [0.717, 1.165) is 6.07 Å². The standard InChI is InChI=1S/C14H13F5N2O.ClH/c15-10-3-1-2-9(12(10)16)8-4-5-11(20)13(22)21(6-8)7-14(17,18)19;/h1-4,11H,5-7,20H2;1H/t11-;/m0./s1. The summed E-state index contributed by atoms with van der Waals surface area (Å²) in [5.74, 6) is -3.15. The lowest BCUT2D eigenvalue weighted by molar-refractivity contribution is -0.160. The molecule has 0 saturated heterocycles. The molecule has 128 valence electrons. The molecule has 3 nitrogen and oxygen atoms in total. The van der Waals surface area contributed by atoms with Gasteiger partial charge in [0.25, 0.3) is 0 Å². The molecule has 0 aliphatic carbocycles. The van der Waals surface area contributed by atoms with Crippen molar-refractivity contribution in [3.05, 3.63) is 41.5 Å². The predicted molar refractivity (Wildman–Crippen MR) is 76.8 cm³/mol. The van der Waals surface area contributed by atoms with Crippen LogP contribution in [-0.2, 0) is 4.79 Å². The van der Waals surface area contributed by atoms with Gasteiger partial charge in [-0.2, -0.15) is 13.2 Å². The van der Waals surface area contributed by atoms with Crippen LogP contribution in [0.2, 0.25) is 0 Å². The minimum atomic E-state index is -4.61. The zero-order chi connectivity index (χ0) is 16.5. The van der Waals surface area contributed by atoms with Crippen LogP contribution in [0, 0.1) is 11.6 Å². The molecule has 0 fully saturated rings. The molecule has 1 aromatic rings. The number of hydrogen-bond acceptors (Lipinski definition) is 2. The van der Waals surface area contributed by atoms with Crippen molar-refractivity contribution in [1.82, 2.24) is 4.90 Å². The average Bonchev–Trinajstić information content (AvgIpc) is 2.54. The molecule has 1 amide bonds. The van der Waals surface area contributed by atoms with E-state index < -0.39 is 42.8 Å². The fourth-order valence-electron chi connectivity index (χ4n) is 2.25. The monoisotopic (exact) mass is 356 g/mol. The van der Waals surface area contributed by atoms with Crippen LogP contribution in [0.15, 0.2) is 24.3 Å². The minimum Gasteiger partial charge on any atom is -0.328 e. The normalized spacial score (nSPS) is 19.0. The highest BCUT2D eigenvalue weighted by atomic mass is 35.5. The Morgan fingerprint density at radius 3 is 2.52 bits per heavy atom. The van der Waals surface area contributed by atoms with Gasteiger partial charge in [0.05, 0.1) is 6.04 Å². The first kappa shape index (κ1) is 19.4. The van der Waals surface area contributed by atoms with E-state index in [2.05, 4.69) is 0 Å². The number of hydrogen-bond donors (Lipinski definition) is 1. The van der Waals surface area contributed by atoms with Gasteiger partial charge in [-0.3, -0.25) is 4.79 Å². The Hall–Kier alpha value is -1.67. The first-order valence-corrected chi connectivity index (χ1v) is 6.43. The lowest BCUT2D eigenvalue weighted by atomic mass is 10.0. The van der Waals surface area contributed by atoms with Crippen molar-refractivity contribution in [1.29, 1.82) is 0 Å². The second kappa shape index (κ2) is 7.27. The smallest absolute Gasteiger partial charge is 0.328 e. The molecule has 0 aromatic heterocycles. The third-order valence-electron chi connectivity index (χ3n) is 3.28. The number of halogens is 6. The zero-order valence-electron chi connectivity index (χ0n) is 11.7. The van der Waals surface area contributed by atoms with Gasteiger partial charge in [0.15, 0.2) is 11.6 Å². The lowest BCUT2D eigenvalue weighted by Crippen LogP contribution is -2.46. The molecular formula is C14H14ClF5N2O. The highest BCUT2D eigenvalue weighted by Crippen LogP contribution is 2.26. The maximum Gasteiger partial charge on any atom is 0.406 e. The Kier molecular flexibility index (Phi) is 6.12. The van der Waals surface area contributed by atoms with Crippen LogP contribution in [0.25, 0.3) is 5.57 Å². The quantitative estimate of drug-likeness (QED) is 0.828. The SMILES string of the molecule is Cl.N[C@H]1CC=C(c2cccc(F)c2F)CN(CC(F)(F)F)C1=O. The number of benzene rings is 1. The van der Waals surface area contributed by atoms with Gasteiger partial charge < -0.3 is 10.6 Å². The minimum absolute atomic E-state index is 0. The number of rotatable bonds is 2. The molecule has 9 heteroatoms. The summed E-state index contributed by atoms with van der Waals surface area (Å²) in [7, 11) is 0. The lowest BCUT2D eigenvalue weighted by Gasteiger charge is -2.25. The third-order valence-corrected chi connectivity index (χ3v) is 3.28. The van der Waals surface area contributed by atoms with Crippen molar-refractivity contribution in [3.63, 3.8) is 0 Å². The Labute approximate surface area is 135 Å². The zero-order valence-corrected chi connectivity index (χ0v) is 12.6. The van der Waals surface area contributed by atoms with E-state index >= 15 is 0 Å². The largest absolute Gasteiger partial charge is 0.406 e. The molecule has 23 heavy (non-hydrogen) atoms. The second-order valence-electron chi connectivity index (χ2n) is 4.98. The fourth-order valence-corrected chi connectivity index (χ4v) is 2.25. The van der Waals surface area contributed by atoms with Gasteiger partial charge in [-0.1, -0.05) is 18.2 Å². The summed E-state index contributed by atoms with van der Waals surface area (Å²) in [6.45, 7) is -1.97. The van der Waals surface area contributed by atoms with Crippen molar-refractivity contribution >= 4 is 23.9 Å². The molecule has 1 aliphatic heterocycles. The van der Waals surface area contributed by atoms with Crippen LogP contribution in [0.4, 0.5) is 22.0 Å². The van der Waals surface area contributed by atoms with Crippen molar-refractivity contribution in [3.8, 4) is 0 Å². The van der Waals surface area contributed by atoms with Crippen LogP contribution >= 0.6 is 12.4 Å². The molecule has 0 bridgehead atoms. The average molecular weight is 357 g/mol. The maximum absolute atomic E-state index is 13.8. The van der Waals surface area contributed by atoms with E-state index in [0.29, 0.717) is 4.90 Å². The van der Waals surface area contributed by atoms with Crippen LogP contribution in [-0.4, -0.2) is 36.1 Å². The topological polar surface area (TPSA) is 46.3 Å². The van der Waals surface area contributed by atoms with Gasteiger partial charge in [0.1, 0.15) is 6.54 Å². The van der Waals surface area contributed by atoms with Crippen LogP contribution in [0.3, 0.4) is 0 Å². The van der Waals surface area contributed by atoms with E-state index in [4.69, 9.17) is 5.73 Å². The summed E-state index contributed by atoms with van der Waals surface area (Å²) < 4.78 is 64.7. The maximum atomic E-state index is 13.8. The van der Waals surface area contributed by atoms with E-state index in [-0.39, 0.29) is 30.0 Å². The molecule has 1 heterocycles. The highest BCUT2D eigenvalue weighted by Gasteiger charge is 2.36. The summed E-state index contributed by atoms with van der Waals surface area (Å²) in [6.07, 6.45) is -3.28. The molecule has 1 aliphatic rings. The first-order valence-electron chi connectivity index (χ1n) is 6.43. The molecule has 2 N–H and O–H groups in total. The molecule has 2 rings (SSSR count). The molecule has 0 unspecified atom stereocenters. The first-order chi connectivity index (χ1) is 10.2. The van der Waals surface area contributed by atoms with Crippen molar-refractivity contribution < 1.29 is 26.7 Å². The number of alkyl halides is 3. The predicted octanol–water partition coefficient (Wildman–Crippen LogP) is 2.89. The second-order valence-corrected chi connectivity index (χ2v) is 4.98. The van der Waals surface area contributed by atoms with Crippen LogP contribution in [0.1, 0.15) is 12.0 Å². The van der Waals surface area contributed by atoms with Gasteiger partial charge in [-0.15, -0.1) is 12.4 Å². The Balaban J connectivity index is 0.00000264. The number of carbonyl (C=O) groups excluding carboxylic acids is 1. The summed E-state index contributed by atoms with van der Waals surface area (Å²) in [5, 5.41) is 0. The molecule has 0 radical (unpaired) electrons. The van der Waals surface area contributed by atoms with E-state index in [1.807, 2.05) is 0 Å². The van der Waals surface area contributed by atoms with Gasteiger partial charge in [0, 0.05) is 12.1 Å². The molecule has 0 saturated carbocycles. The van der Waals surface area contributed by atoms with Gasteiger partial charge in [-0.05, 0) is 18.1 Å². The highest BCUT2D eigenvalue weighted by molar-refractivity contribution is 5.86. The number of amides is 1. The van der Waals surface area contributed by atoms with Gasteiger partial charge in [0.2, 0.25) is 5.91 Å². The Morgan fingerprint density at radius 1 is 1.26 bits per heavy atom.